The minimum absolute atomic E-state index is 0.00878. The molecule has 2 saturated heterocycles. The third-order valence-corrected chi connectivity index (χ3v) is 15.3. The average Bonchev–Trinajstić information content (AvgIpc) is 3.26. The predicted octanol–water partition coefficient (Wildman–Crippen LogP) is 15.8. The maximum Gasteiger partial charge on any atom is 0.252 e. The molecule has 356 valence electrons. The largest absolute Gasteiger partial charge is 0.358 e. The third kappa shape index (κ3) is 14.6. The second-order valence-electron chi connectivity index (χ2n) is 18.7. The summed E-state index contributed by atoms with van der Waals surface area (Å²) in [6, 6.07) is 30.4. The maximum absolute atomic E-state index is 13.8. The van der Waals surface area contributed by atoms with E-state index < -0.39 is 12.2 Å². The van der Waals surface area contributed by atoms with Gasteiger partial charge in [-0.25, -0.2) is 0 Å². The molecule has 66 heavy (non-hydrogen) atoms. The quantitative estimate of drug-likeness (QED) is 0.104. The van der Waals surface area contributed by atoms with Crippen LogP contribution >= 0.6 is 69.9 Å². The van der Waals surface area contributed by atoms with E-state index >= 15 is 0 Å². The molecule has 0 aliphatic carbocycles. The topological polar surface area (TPSA) is 59.1 Å². The maximum atomic E-state index is 13.8. The number of carbonyl (C=O) groups excluding carboxylic acids is 2. The van der Waals surface area contributed by atoms with Crippen LogP contribution in [-0.4, -0.2) is 66.9 Å². The summed E-state index contributed by atoms with van der Waals surface area (Å²) in [6.45, 7) is 25.2. The van der Waals surface area contributed by atoms with E-state index in [1.165, 1.54) is 0 Å². The summed E-state index contributed by atoms with van der Waals surface area (Å²) in [5.41, 5.74) is 3.89. The van der Waals surface area contributed by atoms with E-state index in [1.54, 1.807) is 12.2 Å². The van der Waals surface area contributed by atoms with Crippen LogP contribution in [0, 0.1) is 0 Å². The Morgan fingerprint density at radius 3 is 1.20 bits per heavy atom. The number of nitrogens with zero attached hydrogens (tertiary/aromatic N) is 2. The summed E-state index contributed by atoms with van der Waals surface area (Å²) in [5.74, 6) is 1.71. The van der Waals surface area contributed by atoms with Gasteiger partial charge in [0, 0.05) is 66.0 Å². The van der Waals surface area contributed by atoms with Crippen LogP contribution in [0.25, 0.3) is 0 Å². The first kappa shape index (κ1) is 54.0. The van der Waals surface area contributed by atoms with Crippen LogP contribution in [0.15, 0.2) is 122 Å². The highest BCUT2D eigenvalue weighted by molar-refractivity contribution is 8.00. The number of hydrogen-bond donors (Lipinski definition) is 0. The number of amides is 2. The molecule has 6 nitrogen and oxygen atoms in total. The van der Waals surface area contributed by atoms with E-state index in [4.69, 9.17) is 55.9 Å². The predicted molar refractivity (Wildman–Crippen MR) is 282 cm³/mol. The molecule has 4 aromatic rings. The highest BCUT2D eigenvalue weighted by atomic mass is 35.5. The van der Waals surface area contributed by atoms with E-state index in [-0.39, 0.29) is 57.7 Å². The van der Waals surface area contributed by atoms with Crippen molar-refractivity contribution in [1.82, 2.24) is 9.80 Å². The second-order valence-corrected chi connectivity index (χ2v) is 24.1. The van der Waals surface area contributed by atoms with Gasteiger partial charge in [-0.15, -0.1) is 13.2 Å². The Morgan fingerprint density at radius 2 is 0.909 bits per heavy atom. The van der Waals surface area contributed by atoms with E-state index in [2.05, 4.69) is 78.3 Å². The van der Waals surface area contributed by atoms with Gasteiger partial charge in [0.15, 0.2) is 0 Å². The Balaban J connectivity index is 0.000000247. The summed E-state index contributed by atoms with van der Waals surface area (Å²) in [5, 5.41) is 2.61. The van der Waals surface area contributed by atoms with Crippen molar-refractivity contribution >= 4 is 81.7 Å². The molecule has 0 unspecified atom stereocenters. The first-order valence-corrected chi connectivity index (χ1v) is 26.2. The number of thioether (sulfide) groups is 2. The normalized spacial score (nSPS) is 22.3. The molecule has 2 aliphatic heterocycles. The lowest BCUT2D eigenvalue weighted by Crippen LogP contribution is -2.55. The summed E-state index contributed by atoms with van der Waals surface area (Å²) in [6.07, 6.45) is 4.25. The lowest BCUT2D eigenvalue weighted by Gasteiger charge is -2.48. The number of carbonyl (C=O) groups is 2. The van der Waals surface area contributed by atoms with Gasteiger partial charge < -0.3 is 19.3 Å². The van der Waals surface area contributed by atoms with Gasteiger partial charge in [-0.1, -0.05) is 162 Å². The zero-order valence-electron chi connectivity index (χ0n) is 39.5. The fraction of sp³-hybridized carbons (Fsp3) is 0.444. The Morgan fingerprint density at radius 1 is 0.561 bits per heavy atom. The fourth-order valence-electron chi connectivity index (χ4n) is 8.31. The molecule has 0 aromatic heterocycles. The Kier molecular flexibility index (Phi) is 20.1. The number of benzene rings is 4. The molecule has 8 atom stereocenters. The highest BCUT2D eigenvalue weighted by Gasteiger charge is 2.48. The van der Waals surface area contributed by atoms with Crippen LogP contribution in [0.3, 0.4) is 0 Å². The lowest BCUT2D eigenvalue weighted by molar-refractivity contribution is -0.178. The highest BCUT2D eigenvalue weighted by Crippen LogP contribution is 2.47. The summed E-state index contributed by atoms with van der Waals surface area (Å²) in [7, 11) is 0. The Hall–Kier alpha value is -2.92. The second kappa shape index (κ2) is 24.6. The third-order valence-electron chi connectivity index (χ3n) is 11.5. The smallest absolute Gasteiger partial charge is 0.252 e. The Labute approximate surface area is 423 Å². The van der Waals surface area contributed by atoms with Gasteiger partial charge in [0.05, 0.1) is 12.1 Å². The zero-order chi connectivity index (χ0) is 48.3. The van der Waals surface area contributed by atoms with Crippen molar-refractivity contribution in [2.75, 3.05) is 11.5 Å². The first-order valence-electron chi connectivity index (χ1n) is 22.8. The van der Waals surface area contributed by atoms with Crippen molar-refractivity contribution < 1.29 is 19.1 Å². The zero-order valence-corrected chi connectivity index (χ0v) is 44.2. The van der Waals surface area contributed by atoms with Crippen LogP contribution in [0.5, 0.6) is 0 Å². The number of rotatable bonds is 16. The van der Waals surface area contributed by atoms with Crippen LogP contribution in [-0.2, 0) is 19.1 Å². The molecule has 0 N–H and O–H groups in total. The molecule has 12 heteroatoms. The number of ether oxygens (including phenoxy) is 2. The summed E-state index contributed by atoms with van der Waals surface area (Å²) in [4.78, 5) is 31.8. The molecule has 4 aromatic carbocycles. The van der Waals surface area contributed by atoms with Crippen molar-refractivity contribution in [1.29, 1.82) is 0 Å². The SMILES string of the molecule is C=CC[C@@H]1O[C@H](c2cccc(Cl)c2)[C@@H](c2ccc(Cl)cc2)N([C@H](CC)CSC(C)(C)C)C1=O.C=CC[C@H]1O[C@H](c2cccc(Cl)c2)[C@@H](c2ccc(Cl)cc2)N([C@H](CC)CSC(C)(C)C)C1=O. The molecule has 2 aliphatic rings. The van der Waals surface area contributed by atoms with Gasteiger partial charge in [0.25, 0.3) is 11.8 Å². The van der Waals surface area contributed by atoms with Crippen molar-refractivity contribution in [2.45, 2.75) is 139 Å². The summed E-state index contributed by atoms with van der Waals surface area (Å²) < 4.78 is 13.2. The van der Waals surface area contributed by atoms with Crippen LogP contribution < -0.4 is 0 Å². The van der Waals surface area contributed by atoms with Crippen LogP contribution in [0.4, 0.5) is 0 Å². The molecule has 6 rings (SSSR count). The minimum atomic E-state index is -0.580. The molecule has 2 heterocycles. The van der Waals surface area contributed by atoms with E-state index in [0.29, 0.717) is 32.9 Å². The molecule has 0 bridgehead atoms. The van der Waals surface area contributed by atoms with Crippen molar-refractivity contribution in [3.63, 3.8) is 0 Å². The van der Waals surface area contributed by atoms with Gasteiger partial charge in [-0.05, 0) is 83.6 Å². The average molecular weight is 1010 g/mol. The Bertz CT molecular complexity index is 2070. The molecule has 0 spiro atoms. The lowest BCUT2D eigenvalue weighted by atomic mass is 9.89. The van der Waals surface area contributed by atoms with Gasteiger partial charge in [-0.3, -0.25) is 9.59 Å². The number of hydrogen-bond acceptors (Lipinski definition) is 6. The summed E-state index contributed by atoms with van der Waals surface area (Å²) >= 11 is 28.9. The van der Waals surface area contributed by atoms with Gasteiger partial charge in [0.1, 0.15) is 24.4 Å². The van der Waals surface area contributed by atoms with E-state index in [1.807, 2.05) is 121 Å². The van der Waals surface area contributed by atoms with Gasteiger partial charge in [0.2, 0.25) is 0 Å². The van der Waals surface area contributed by atoms with Gasteiger partial charge in [-0.2, -0.15) is 23.5 Å². The van der Waals surface area contributed by atoms with Gasteiger partial charge >= 0.3 is 0 Å². The first-order chi connectivity index (χ1) is 31.3. The standard InChI is InChI=1S/2C27H33Cl2NO2S/c2*1-6-9-23-26(31)30(22(7-2)17-33-27(3,4)5)24(18-12-14-20(28)15-13-18)25(32-23)19-10-8-11-21(29)16-19/h2*6,8,10-16,22-25H,1,7,9,17H2,2-5H3/t22-,23+,24-,25-;22-,23-,24-,25-/m11/s1. The van der Waals surface area contributed by atoms with Crippen LogP contribution in [0.1, 0.15) is 128 Å². The molecule has 0 saturated carbocycles. The molecule has 2 amide bonds. The number of halogens is 4. The fourth-order valence-corrected chi connectivity index (χ4v) is 11.1. The van der Waals surface area contributed by atoms with Crippen molar-refractivity contribution in [3.8, 4) is 0 Å². The molecular formula is C54H66Cl4N2O4S2. The molecule has 2 fully saturated rings. The molecule has 0 radical (unpaired) electrons. The van der Waals surface area contributed by atoms with E-state index in [9.17, 15) is 9.59 Å². The monoisotopic (exact) mass is 1010 g/mol. The van der Waals surface area contributed by atoms with Crippen LogP contribution in [0.2, 0.25) is 20.1 Å². The number of morpholine rings is 2. The van der Waals surface area contributed by atoms with Crippen molar-refractivity contribution in [3.05, 3.63) is 165 Å². The minimum Gasteiger partial charge on any atom is -0.358 e. The van der Waals surface area contributed by atoms with Crippen molar-refractivity contribution in [2.24, 2.45) is 0 Å². The van der Waals surface area contributed by atoms with E-state index in [0.717, 1.165) is 46.6 Å². The molecular weight excluding hydrogens is 947 g/mol.